The Morgan fingerprint density at radius 1 is 1.50 bits per heavy atom. The van der Waals surface area contributed by atoms with Crippen molar-refractivity contribution in [2.45, 2.75) is 32.6 Å². The van der Waals surface area contributed by atoms with Gasteiger partial charge < -0.3 is 5.73 Å². The first kappa shape index (κ1) is 10.2. The zero-order valence-corrected chi connectivity index (χ0v) is 9.26. The lowest BCUT2D eigenvalue weighted by Crippen LogP contribution is -2.48. The van der Waals surface area contributed by atoms with Crippen LogP contribution < -0.4 is 5.73 Å². The molecule has 0 spiro atoms. The van der Waals surface area contributed by atoms with E-state index in [-0.39, 0.29) is 0 Å². The van der Waals surface area contributed by atoms with Crippen molar-refractivity contribution >= 4 is 0 Å². The van der Waals surface area contributed by atoms with Crippen LogP contribution in [0.4, 0.5) is 0 Å². The van der Waals surface area contributed by atoms with E-state index >= 15 is 0 Å². The quantitative estimate of drug-likeness (QED) is 0.694. The summed E-state index contributed by atoms with van der Waals surface area (Å²) in [5.74, 6) is 0. The van der Waals surface area contributed by atoms with Gasteiger partial charge in [0, 0.05) is 19.6 Å². The van der Waals surface area contributed by atoms with Crippen LogP contribution in [0.15, 0.2) is 11.6 Å². The van der Waals surface area contributed by atoms with Gasteiger partial charge in [-0.25, -0.2) is 0 Å². The second kappa shape index (κ2) is 4.03. The lowest BCUT2D eigenvalue weighted by Gasteiger charge is -2.45. The second-order valence-electron chi connectivity index (χ2n) is 5.09. The minimum absolute atomic E-state index is 0.485. The van der Waals surface area contributed by atoms with Crippen LogP contribution in [0.1, 0.15) is 32.6 Å². The predicted octanol–water partition coefficient (Wildman–Crippen LogP) is 1.77. The SMILES string of the molecule is CC1=CCN(CC2(CN)CCC2)CC1. The molecular weight excluding hydrogens is 172 g/mol. The van der Waals surface area contributed by atoms with Gasteiger partial charge in [0.2, 0.25) is 0 Å². The Hall–Kier alpha value is -0.340. The first-order chi connectivity index (χ1) is 6.74. The van der Waals surface area contributed by atoms with Gasteiger partial charge in [-0.15, -0.1) is 0 Å². The fourth-order valence-electron chi connectivity index (χ4n) is 2.53. The van der Waals surface area contributed by atoms with Crippen LogP contribution in [0.2, 0.25) is 0 Å². The highest BCUT2D eigenvalue weighted by atomic mass is 15.1. The molecule has 0 saturated heterocycles. The third-order valence-corrected chi connectivity index (χ3v) is 3.93. The van der Waals surface area contributed by atoms with Gasteiger partial charge in [0.05, 0.1) is 0 Å². The van der Waals surface area contributed by atoms with E-state index < -0.39 is 0 Å². The first-order valence-electron chi connectivity index (χ1n) is 5.82. The molecule has 80 valence electrons. The molecule has 1 heterocycles. The smallest absolute Gasteiger partial charge is 0.0166 e. The summed E-state index contributed by atoms with van der Waals surface area (Å²) in [6, 6.07) is 0. The summed E-state index contributed by atoms with van der Waals surface area (Å²) in [6.07, 6.45) is 7.71. The lowest BCUT2D eigenvalue weighted by atomic mass is 9.68. The molecule has 0 unspecified atom stereocenters. The molecule has 1 aliphatic heterocycles. The van der Waals surface area contributed by atoms with E-state index in [1.165, 1.54) is 38.8 Å². The average molecular weight is 194 g/mol. The molecule has 1 aliphatic carbocycles. The van der Waals surface area contributed by atoms with Crippen LogP contribution >= 0.6 is 0 Å². The highest BCUT2D eigenvalue weighted by molar-refractivity contribution is 5.05. The van der Waals surface area contributed by atoms with Crippen LogP contribution in [0.5, 0.6) is 0 Å². The summed E-state index contributed by atoms with van der Waals surface area (Å²) in [4.78, 5) is 2.57. The molecule has 2 rings (SSSR count). The molecule has 1 saturated carbocycles. The third kappa shape index (κ3) is 2.01. The van der Waals surface area contributed by atoms with E-state index in [0.717, 1.165) is 13.1 Å². The number of hydrogen-bond donors (Lipinski definition) is 1. The molecule has 2 N–H and O–H groups in total. The minimum Gasteiger partial charge on any atom is -0.330 e. The van der Waals surface area contributed by atoms with Crippen molar-refractivity contribution in [3.05, 3.63) is 11.6 Å². The molecule has 2 heteroatoms. The van der Waals surface area contributed by atoms with Crippen molar-refractivity contribution < 1.29 is 0 Å². The van der Waals surface area contributed by atoms with Crippen LogP contribution in [0.3, 0.4) is 0 Å². The predicted molar refractivity (Wildman–Crippen MR) is 60.2 cm³/mol. The number of nitrogens with zero attached hydrogens (tertiary/aromatic N) is 1. The van der Waals surface area contributed by atoms with Crippen molar-refractivity contribution in [3.8, 4) is 0 Å². The van der Waals surface area contributed by atoms with Gasteiger partial charge in [-0.3, -0.25) is 4.90 Å². The summed E-state index contributed by atoms with van der Waals surface area (Å²) in [5.41, 5.74) is 7.91. The summed E-state index contributed by atoms with van der Waals surface area (Å²) in [7, 11) is 0. The van der Waals surface area contributed by atoms with Gasteiger partial charge in [-0.1, -0.05) is 18.1 Å². The Morgan fingerprint density at radius 3 is 2.71 bits per heavy atom. The Morgan fingerprint density at radius 2 is 2.29 bits per heavy atom. The number of nitrogens with two attached hydrogens (primary N) is 1. The maximum absolute atomic E-state index is 5.87. The summed E-state index contributed by atoms with van der Waals surface area (Å²) in [5, 5.41) is 0. The van der Waals surface area contributed by atoms with E-state index in [9.17, 15) is 0 Å². The normalized spacial score (nSPS) is 26.9. The molecule has 1 fully saturated rings. The third-order valence-electron chi connectivity index (χ3n) is 3.93. The Kier molecular flexibility index (Phi) is 2.93. The van der Waals surface area contributed by atoms with E-state index in [2.05, 4.69) is 17.9 Å². The van der Waals surface area contributed by atoms with Gasteiger partial charge in [-0.05, 0) is 38.1 Å². The van der Waals surface area contributed by atoms with Crippen molar-refractivity contribution in [2.75, 3.05) is 26.2 Å². The largest absolute Gasteiger partial charge is 0.330 e. The number of rotatable bonds is 3. The highest BCUT2D eigenvalue weighted by Crippen LogP contribution is 2.40. The summed E-state index contributed by atoms with van der Waals surface area (Å²) >= 11 is 0. The summed E-state index contributed by atoms with van der Waals surface area (Å²) in [6.45, 7) is 6.73. The Bertz CT molecular complexity index is 223. The Balaban J connectivity index is 1.85. The van der Waals surface area contributed by atoms with Crippen LogP contribution in [0, 0.1) is 5.41 Å². The fraction of sp³-hybridized carbons (Fsp3) is 0.833. The van der Waals surface area contributed by atoms with E-state index in [1.807, 2.05) is 0 Å². The van der Waals surface area contributed by atoms with Crippen LogP contribution in [-0.2, 0) is 0 Å². The lowest BCUT2D eigenvalue weighted by molar-refractivity contribution is 0.0789. The summed E-state index contributed by atoms with van der Waals surface area (Å²) < 4.78 is 0. The Labute approximate surface area is 87.2 Å². The van der Waals surface area contributed by atoms with Crippen molar-refractivity contribution in [3.63, 3.8) is 0 Å². The van der Waals surface area contributed by atoms with Gasteiger partial charge >= 0.3 is 0 Å². The molecule has 0 bridgehead atoms. The van der Waals surface area contributed by atoms with Gasteiger partial charge in [0.25, 0.3) is 0 Å². The van der Waals surface area contributed by atoms with Crippen molar-refractivity contribution in [1.82, 2.24) is 4.90 Å². The maximum Gasteiger partial charge on any atom is 0.0166 e. The molecule has 0 aromatic carbocycles. The second-order valence-corrected chi connectivity index (χ2v) is 5.09. The van der Waals surface area contributed by atoms with Gasteiger partial charge in [-0.2, -0.15) is 0 Å². The first-order valence-corrected chi connectivity index (χ1v) is 5.82. The molecule has 14 heavy (non-hydrogen) atoms. The maximum atomic E-state index is 5.87. The fourth-order valence-corrected chi connectivity index (χ4v) is 2.53. The standard InChI is InChI=1S/C12H22N2/c1-11-3-7-14(8-4-11)10-12(9-13)5-2-6-12/h3H,2,4-10,13H2,1H3. The zero-order valence-electron chi connectivity index (χ0n) is 9.26. The molecule has 0 atom stereocenters. The molecule has 0 aromatic heterocycles. The van der Waals surface area contributed by atoms with E-state index in [1.54, 1.807) is 5.57 Å². The van der Waals surface area contributed by atoms with Gasteiger partial charge in [0.15, 0.2) is 0 Å². The molecule has 0 aromatic rings. The highest BCUT2D eigenvalue weighted by Gasteiger charge is 2.37. The van der Waals surface area contributed by atoms with Crippen LogP contribution in [0.25, 0.3) is 0 Å². The van der Waals surface area contributed by atoms with E-state index in [0.29, 0.717) is 5.41 Å². The monoisotopic (exact) mass is 194 g/mol. The van der Waals surface area contributed by atoms with Crippen molar-refractivity contribution in [2.24, 2.45) is 11.1 Å². The van der Waals surface area contributed by atoms with Crippen molar-refractivity contribution in [1.29, 1.82) is 0 Å². The molecule has 0 amide bonds. The average Bonchev–Trinajstić information content (AvgIpc) is 2.15. The minimum atomic E-state index is 0.485. The number of hydrogen-bond acceptors (Lipinski definition) is 2. The zero-order chi connectivity index (χ0) is 10.0. The van der Waals surface area contributed by atoms with Crippen LogP contribution in [-0.4, -0.2) is 31.1 Å². The van der Waals surface area contributed by atoms with Gasteiger partial charge in [0.1, 0.15) is 0 Å². The molecular formula is C12H22N2. The molecule has 2 aliphatic rings. The molecule has 0 radical (unpaired) electrons. The topological polar surface area (TPSA) is 29.3 Å². The van der Waals surface area contributed by atoms with E-state index in [4.69, 9.17) is 5.73 Å². The molecule has 2 nitrogen and oxygen atoms in total.